The zero-order chi connectivity index (χ0) is 10.2. The summed E-state index contributed by atoms with van der Waals surface area (Å²) in [6.45, 7) is 0. The minimum absolute atomic E-state index is 0.211. The van der Waals surface area contributed by atoms with Crippen molar-refractivity contribution < 1.29 is 8.78 Å². The molecule has 82 valence electrons. The van der Waals surface area contributed by atoms with Gasteiger partial charge in [0.1, 0.15) is 0 Å². The topological polar surface area (TPSA) is 0 Å². The first-order chi connectivity index (χ1) is 7.24. The highest BCUT2D eigenvalue weighted by atomic mass is 19.3. The van der Waals surface area contributed by atoms with E-state index >= 15 is 0 Å². The van der Waals surface area contributed by atoms with Crippen LogP contribution in [0.2, 0.25) is 0 Å². The Hall–Kier alpha value is -0.400. The molecule has 4 aliphatic rings. The predicted octanol–water partition coefficient (Wildman–Crippen LogP) is 3.49. The minimum Gasteiger partial charge on any atom is -0.210 e. The van der Waals surface area contributed by atoms with Gasteiger partial charge < -0.3 is 0 Å². The summed E-state index contributed by atoms with van der Waals surface area (Å²) in [7, 11) is 0. The molecule has 3 fully saturated rings. The maximum absolute atomic E-state index is 13.6. The summed E-state index contributed by atoms with van der Waals surface area (Å²) in [5.74, 6) is 2.02. The number of halogens is 2. The van der Waals surface area contributed by atoms with Crippen molar-refractivity contribution in [3.63, 3.8) is 0 Å². The van der Waals surface area contributed by atoms with Crippen molar-refractivity contribution >= 4 is 0 Å². The molecule has 0 aromatic heterocycles. The molecule has 0 amide bonds. The smallest absolute Gasteiger partial charge is 0.210 e. The monoisotopic (exact) mass is 210 g/mol. The average molecular weight is 210 g/mol. The first-order valence-corrected chi connectivity index (χ1v) is 6.21. The molecule has 4 rings (SSSR count). The van der Waals surface area contributed by atoms with Crippen LogP contribution in [0.5, 0.6) is 0 Å². The SMILES string of the molecule is FC(F)C12C3C=CC(C3)C1C1CCC2C1. The summed E-state index contributed by atoms with van der Waals surface area (Å²) in [5.41, 5.74) is -0.581. The summed E-state index contributed by atoms with van der Waals surface area (Å²) < 4.78 is 27.1. The third-order valence-corrected chi connectivity index (χ3v) is 5.86. The van der Waals surface area contributed by atoms with E-state index in [1.165, 1.54) is 6.42 Å². The van der Waals surface area contributed by atoms with Gasteiger partial charge in [-0.3, -0.25) is 0 Å². The Morgan fingerprint density at radius 2 is 2.00 bits per heavy atom. The van der Waals surface area contributed by atoms with E-state index in [2.05, 4.69) is 12.2 Å². The fraction of sp³-hybridized carbons (Fsp3) is 0.846. The van der Waals surface area contributed by atoms with Gasteiger partial charge in [-0.25, -0.2) is 8.78 Å². The van der Waals surface area contributed by atoms with Gasteiger partial charge in [-0.2, -0.15) is 0 Å². The van der Waals surface area contributed by atoms with Crippen molar-refractivity contribution in [3.05, 3.63) is 12.2 Å². The maximum Gasteiger partial charge on any atom is 0.245 e. The molecule has 0 aromatic carbocycles. The fourth-order valence-electron chi connectivity index (χ4n) is 5.60. The minimum atomic E-state index is -2.09. The van der Waals surface area contributed by atoms with Crippen LogP contribution in [0.3, 0.4) is 0 Å². The molecule has 0 N–H and O–H groups in total. The largest absolute Gasteiger partial charge is 0.245 e. The highest BCUT2D eigenvalue weighted by Crippen LogP contribution is 2.74. The molecule has 0 aliphatic heterocycles. The molecule has 0 aromatic rings. The third-order valence-electron chi connectivity index (χ3n) is 5.86. The first kappa shape index (κ1) is 8.72. The quantitative estimate of drug-likeness (QED) is 0.459. The molecule has 0 heterocycles. The Morgan fingerprint density at radius 3 is 2.73 bits per heavy atom. The number of allylic oxidation sites excluding steroid dienone is 2. The molecule has 0 radical (unpaired) electrons. The van der Waals surface area contributed by atoms with Crippen LogP contribution in [-0.4, -0.2) is 6.43 Å². The van der Waals surface area contributed by atoms with E-state index in [0.717, 1.165) is 19.3 Å². The molecule has 6 atom stereocenters. The van der Waals surface area contributed by atoms with E-state index in [-0.39, 0.29) is 5.92 Å². The number of rotatable bonds is 1. The Bertz CT molecular complexity index is 335. The van der Waals surface area contributed by atoms with Crippen LogP contribution < -0.4 is 0 Å². The molecule has 0 spiro atoms. The van der Waals surface area contributed by atoms with Gasteiger partial charge in [0, 0.05) is 5.41 Å². The summed E-state index contributed by atoms with van der Waals surface area (Å²) in [4.78, 5) is 0. The van der Waals surface area contributed by atoms with Gasteiger partial charge in [-0.1, -0.05) is 12.2 Å². The summed E-state index contributed by atoms with van der Waals surface area (Å²) in [5, 5.41) is 0. The highest BCUT2D eigenvalue weighted by molar-refractivity contribution is 5.26. The molecule has 15 heavy (non-hydrogen) atoms. The summed E-state index contributed by atoms with van der Waals surface area (Å²) in [6, 6.07) is 0. The Balaban J connectivity index is 1.88. The molecular weight excluding hydrogens is 194 g/mol. The van der Waals surface area contributed by atoms with Crippen molar-refractivity contribution in [1.29, 1.82) is 0 Å². The summed E-state index contributed by atoms with van der Waals surface area (Å²) in [6.07, 6.45) is 6.68. The summed E-state index contributed by atoms with van der Waals surface area (Å²) >= 11 is 0. The lowest BCUT2D eigenvalue weighted by Gasteiger charge is -2.44. The lowest BCUT2D eigenvalue weighted by Crippen LogP contribution is -2.45. The Kier molecular flexibility index (Phi) is 1.43. The second kappa shape index (κ2) is 2.46. The lowest BCUT2D eigenvalue weighted by molar-refractivity contribution is -0.0904. The van der Waals surface area contributed by atoms with Crippen LogP contribution in [0.15, 0.2) is 12.2 Å². The van der Waals surface area contributed by atoms with Crippen molar-refractivity contribution in [1.82, 2.24) is 0 Å². The molecule has 4 bridgehead atoms. The molecular formula is C13H16F2. The van der Waals surface area contributed by atoms with Gasteiger partial charge in [-0.15, -0.1) is 0 Å². The second-order valence-electron chi connectivity index (χ2n) is 5.99. The predicted molar refractivity (Wildman–Crippen MR) is 53.5 cm³/mol. The molecule has 0 nitrogen and oxygen atoms in total. The van der Waals surface area contributed by atoms with Crippen LogP contribution in [0, 0.1) is 35.0 Å². The van der Waals surface area contributed by atoms with E-state index in [4.69, 9.17) is 0 Å². The van der Waals surface area contributed by atoms with E-state index in [1.807, 2.05) is 0 Å². The molecule has 4 aliphatic carbocycles. The normalized spacial score (nSPS) is 59.5. The molecule has 3 saturated carbocycles. The van der Waals surface area contributed by atoms with E-state index in [0.29, 0.717) is 23.7 Å². The zero-order valence-corrected chi connectivity index (χ0v) is 8.70. The number of alkyl halides is 2. The average Bonchev–Trinajstić information content (AvgIpc) is 2.95. The van der Waals surface area contributed by atoms with Crippen molar-refractivity contribution in [2.45, 2.75) is 32.1 Å². The molecule has 6 unspecified atom stereocenters. The van der Waals surface area contributed by atoms with Crippen molar-refractivity contribution in [2.24, 2.45) is 35.0 Å². The Morgan fingerprint density at radius 1 is 1.13 bits per heavy atom. The standard InChI is InChI=1S/C13H16F2/c14-12(15)13-9-3-1-7(5-9)11(13)8-2-4-10(13)6-8/h1,3,7-12H,2,4-6H2. The number of hydrogen-bond donors (Lipinski definition) is 0. The molecule has 2 heteroatoms. The van der Waals surface area contributed by atoms with Crippen LogP contribution in [0.4, 0.5) is 8.78 Å². The van der Waals surface area contributed by atoms with Gasteiger partial charge in [0.15, 0.2) is 0 Å². The molecule has 0 saturated heterocycles. The van der Waals surface area contributed by atoms with Crippen LogP contribution >= 0.6 is 0 Å². The zero-order valence-electron chi connectivity index (χ0n) is 8.70. The van der Waals surface area contributed by atoms with Gasteiger partial charge in [0.05, 0.1) is 0 Å². The Labute approximate surface area is 88.7 Å². The van der Waals surface area contributed by atoms with Crippen LogP contribution in [0.1, 0.15) is 25.7 Å². The fourth-order valence-corrected chi connectivity index (χ4v) is 5.60. The van der Waals surface area contributed by atoms with Gasteiger partial charge >= 0.3 is 0 Å². The maximum atomic E-state index is 13.6. The van der Waals surface area contributed by atoms with E-state index in [1.54, 1.807) is 0 Å². The van der Waals surface area contributed by atoms with Crippen molar-refractivity contribution in [3.8, 4) is 0 Å². The number of hydrogen-bond acceptors (Lipinski definition) is 0. The van der Waals surface area contributed by atoms with Crippen LogP contribution in [0.25, 0.3) is 0 Å². The van der Waals surface area contributed by atoms with E-state index < -0.39 is 11.8 Å². The van der Waals surface area contributed by atoms with Crippen LogP contribution in [-0.2, 0) is 0 Å². The first-order valence-electron chi connectivity index (χ1n) is 6.21. The lowest BCUT2D eigenvalue weighted by atomic mass is 9.61. The highest BCUT2D eigenvalue weighted by Gasteiger charge is 2.71. The van der Waals surface area contributed by atoms with Gasteiger partial charge in [0.2, 0.25) is 6.43 Å². The van der Waals surface area contributed by atoms with E-state index in [9.17, 15) is 8.78 Å². The van der Waals surface area contributed by atoms with Gasteiger partial charge in [0.25, 0.3) is 0 Å². The second-order valence-corrected chi connectivity index (χ2v) is 5.99. The van der Waals surface area contributed by atoms with Crippen molar-refractivity contribution in [2.75, 3.05) is 0 Å². The van der Waals surface area contributed by atoms with Gasteiger partial charge in [-0.05, 0) is 55.3 Å². The number of fused-ring (bicyclic) bond motifs is 9. The third kappa shape index (κ3) is 0.744.